The lowest BCUT2D eigenvalue weighted by molar-refractivity contribution is -0.122. The molecular weight excluding hydrogens is 342 g/mol. The van der Waals surface area contributed by atoms with Gasteiger partial charge in [-0.15, -0.1) is 0 Å². The van der Waals surface area contributed by atoms with Gasteiger partial charge in [-0.2, -0.15) is 5.10 Å². The molecule has 1 amide bonds. The molecule has 1 saturated heterocycles. The Labute approximate surface area is 159 Å². The first-order chi connectivity index (χ1) is 13.3. The van der Waals surface area contributed by atoms with Gasteiger partial charge in [0.25, 0.3) is 0 Å². The fourth-order valence-electron chi connectivity index (χ4n) is 4.04. The van der Waals surface area contributed by atoms with Crippen molar-refractivity contribution in [1.82, 2.24) is 25.0 Å². The number of pyridine rings is 1. The average molecular weight is 369 g/mol. The van der Waals surface area contributed by atoms with Crippen LogP contribution in [0.2, 0.25) is 0 Å². The summed E-state index contributed by atoms with van der Waals surface area (Å²) in [6.07, 6.45) is 8.06. The van der Waals surface area contributed by atoms with E-state index in [4.69, 9.17) is 4.74 Å². The Morgan fingerprint density at radius 3 is 2.96 bits per heavy atom. The molecule has 0 bridgehead atoms. The first-order valence-electron chi connectivity index (χ1n) is 9.76. The Morgan fingerprint density at radius 1 is 1.26 bits per heavy atom. The Kier molecular flexibility index (Phi) is 5.79. The number of fused-ring (bicyclic) bond motifs is 1. The number of nitrogens with one attached hydrogen (secondary N) is 1. The lowest BCUT2D eigenvalue weighted by atomic mass is 9.98. The van der Waals surface area contributed by atoms with E-state index in [1.165, 1.54) is 5.69 Å². The molecule has 7 heteroatoms. The van der Waals surface area contributed by atoms with Gasteiger partial charge in [0.1, 0.15) is 0 Å². The smallest absolute Gasteiger partial charge is 0.222 e. The van der Waals surface area contributed by atoms with Gasteiger partial charge in [0.05, 0.1) is 18.2 Å². The van der Waals surface area contributed by atoms with Crippen molar-refractivity contribution in [3.05, 3.63) is 48.0 Å². The molecule has 1 fully saturated rings. The van der Waals surface area contributed by atoms with Crippen molar-refractivity contribution in [1.29, 1.82) is 0 Å². The summed E-state index contributed by atoms with van der Waals surface area (Å²) in [6.45, 7) is 5.10. The van der Waals surface area contributed by atoms with E-state index >= 15 is 0 Å². The van der Waals surface area contributed by atoms with Crippen LogP contribution >= 0.6 is 0 Å². The molecule has 0 aliphatic carbocycles. The number of aromatic nitrogens is 3. The van der Waals surface area contributed by atoms with Gasteiger partial charge in [-0.25, -0.2) is 0 Å². The topological polar surface area (TPSA) is 72.3 Å². The summed E-state index contributed by atoms with van der Waals surface area (Å²) in [7, 11) is 0. The molecule has 144 valence electrons. The highest BCUT2D eigenvalue weighted by molar-refractivity contribution is 5.76. The van der Waals surface area contributed by atoms with Gasteiger partial charge in [-0.1, -0.05) is 6.07 Å². The van der Waals surface area contributed by atoms with Crippen LogP contribution in [-0.2, 0) is 22.6 Å². The highest BCUT2D eigenvalue weighted by Gasteiger charge is 2.29. The van der Waals surface area contributed by atoms with Gasteiger partial charge in [-0.3, -0.25) is 19.4 Å². The number of carbonyl (C=O) groups is 1. The first-order valence-corrected chi connectivity index (χ1v) is 9.76. The summed E-state index contributed by atoms with van der Waals surface area (Å²) < 4.78 is 7.51. The van der Waals surface area contributed by atoms with Gasteiger partial charge >= 0.3 is 0 Å². The van der Waals surface area contributed by atoms with Crippen molar-refractivity contribution in [2.45, 2.75) is 38.4 Å². The van der Waals surface area contributed by atoms with E-state index in [0.29, 0.717) is 18.9 Å². The minimum absolute atomic E-state index is 0.0539. The summed E-state index contributed by atoms with van der Waals surface area (Å²) in [5.74, 6) is 0.742. The van der Waals surface area contributed by atoms with Crippen LogP contribution in [-0.4, -0.2) is 51.9 Å². The van der Waals surface area contributed by atoms with E-state index in [2.05, 4.69) is 26.4 Å². The van der Waals surface area contributed by atoms with Crippen LogP contribution in [0.1, 0.15) is 36.6 Å². The molecule has 2 aliphatic heterocycles. The zero-order valence-corrected chi connectivity index (χ0v) is 15.6. The maximum Gasteiger partial charge on any atom is 0.222 e. The predicted molar refractivity (Wildman–Crippen MR) is 101 cm³/mol. The van der Waals surface area contributed by atoms with E-state index in [0.717, 1.165) is 51.3 Å². The molecular formula is C20H27N5O2. The summed E-state index contributed by atoms with van der Waals surface area (Å²) in [6, 6.07) is 6.00. The Bertz CT molecular complexity index is 742. The molecule has 27 heavy (non-hydrogen) atoms. The number of carbonyl (C=O) groups excluding carboxylic acids is 1. The highest BCUT2D eigenvalue weighted by Crippen LogP contribution is 2.25. The fraction of sp³-hybridized carbons (Fsp3) is 0.550. The van der Waals surface area contributed by atoms with Gasteiger partial charge < -0.3 is 10.1 Å². The molecule has 4 heterocycles. The molecule has 7 nitrogen and oxygen atoms in total. The number of ether oxygens (including phenoxy) is 1. The largest absolute Gasteiger partial charge is 0.381 e. The standard InChI is InChI=1S/C20H27N5O2/c26-20(22-12-17-2-1-6-21-11-17)10-19-15-24(13-16-4-8-27-9-5-16)14-18-3-7-23-25(18)19/h1-3,6-7,11,16,19H,4-5,8-10,12-15H2,(H,22,26). The third-order valence-corrected chi connectivity index (χ3v) is 5.44. The highest BCUT2D eigenvalue weighted by atomic mass is 16.5. The minimum atomic E-state index is 0.0539. The molecule has 4 rings (SSSR count). The SMILES string of the molecule is O=C(CC1CN(CC2CCOCC2)Cc2ccnn21)NCc1cccnc1. The Morgan fingerprint density at radius 2 is 2.15 bits per heavy atom. The summed E-state index contributed by atoms with van der Waals surface area (Å²) >= 11 is 0. The van der Waals surface area contributed by atoms with Crippen LogP contribution in [0.5, 0.6) is 0 Å². The zero-order chi connectivity index (χ0) is 18.5. The van der Waals surface area contributed by atoms with Crippen LogP contribution in [0.25, 0.3) is 0 Å². The van der Waals surface area contributed by atoms with Crippen molar-refractivity contribution >= 4 is 5.91 Å². The molecule has 0 aromatic carbocycles. The average Bonchev–Trinajstić information content (AvgIpc) is 3.17. The number of amides is 1. The molecule has 0 saturated carbocycles. The van der Waals surface area contributed by atoms with E-state index < -0.39 is 0 Å². The number of nitrogens with zero attached hydrogens (tertiary/aromatic N) is 4. The molecule has 2 aromatic rings. The lowest BCUT2D eigenvalue weighted by Gasteiger charge is -2.36. The summed E-state index contributed by atoms with van der Waals surface area (Å²) in [4.78, 5) is 19.1. The monoisotopic (exact) mass is 369 g/mol. The second-order valence-electron chi connectivity index (χ2n) is 7.51. The van der Waals surface area contributed by atoms with Gasteiger partial charge in [0, 0.05) is 58.0 Å². The van der Waals surface area contributed by atoms with Crippen molar-refractivity contribution in [2.75, 3.05) is 26.3 Å². The summed E-state index contributed by atoms with van der Waals surface area (Å²) in [5.41, 5.74) is 2.20. The van der Waals surface area contributed by atoms with Crippen LogP contribution in [0.4, 0.5) is 0 Å². The van der Waals surface area contributed by atoms with Gasteiger partial charge in [0.2, 0.25) is 5.91 Å². The molecule has 0 spiro atoms. The Hall–Kier alpha value is -2.25. The normalized spacial score (nSPS) is 21.0. The molecule has 1 N–H and O–H groups in total. The Balaban J connectivity index is 1.35. The lowest BCUT2D eigenvalue weighted by Crippen LogP contribution is -2.42. The van der Waals surface area contributed by atoms with E-state index in [1.54, 1.807) is 12.4 Å². The van der Waals surface area contributed by atoms with E-state index in [-0.39, 0.29) is 11.9 Å². The molecule has 2 aromatic heterocycles. The summed E-state index contributed by atoms with van der Waals surface area (Å²) in [5, 5.41) is 7.48. The van der Waals surface area contributed by atoms with E-state index in [1.807, 2.05) is 23.0 Å². The first kappa shape index (κ1) is 18.1. The van der Waals surface area contributed by atoms with Crippen LogP contribution in [0.15, 0.2) is 36.8 Å². The third-order valence-electron chi connectivity index (χ3n) is 5.44. The van der Waals surface area contributed by atoms with Crippen LogP contribution in [0, 0.1) is 5.92 Å². The second-order valence-corrected chi connectivity index (χ2v) is 7.51. The second kappa shape index (κ2) is 8.63. The van der Waals surface area contributed by atoms with Crippen molar-refractivity contribution in [2.24, 2.45) is 5.92 Å². The number of hydrogen-bond acceptors (Lipinski definition) is 5. The number of rotatable bonds is 6. The van der Waals surface area contributed by atoms with Crippen molar-refractivity contribution in [3.63, 3.8) is 0 Å². The van der Waals surface area contributed by atoms with Crippen LogP contribution < -0.4 is 5.32 Å². The maximum atomic E-state index is 12.5. The molecule has 1 atom stereocenters. The van der Waals surface area contributed by atoms with E-state index in [9.17, 15) is 4.79 Å². The van der Waals surface area contributed by atoms with Crippen molar-refractivity contribution in [3.8, 4) is 0 Å². The third kappa shape index (κ3) is 4.73. The van der Waals surface area contributed by atoms with Gasteiger partial charge in [-0.05, 0) is 36.5 Å². The molecule has 0 radical (unpaired) electrons. The minimum Gasteiger partial charge on any atom is -0.381 e. The molecule has 2 aliphatic rings. The van der Waals surface area contributed by atoms with Crippen molar-refractivity contribution < 1.29 is 9.53 Å². The fourth-order valence-corrected chi connectivity index (χ4v) is 4.04. The van der Waals surface area contributed by atoms with Gasteiger partial charge in [0.15, 0.2) is 0 Å². The zero-order valence-electron chi connectivity index (χ0n) is 15.6. The predicted octanol–water partition coefficient (Wildman–Crippen LogP) is 1.77. The number of hydrogen-bond donors (Lipinski definition) is 1. The van der Waals surface area contributed by atoms with Crippen LogP contribution in [0.3, 0.4) is 0 Å². The quantitative estimate of drug-likeness (QED) is 0.840. The molecule has 1 unspecified atom stereocenters. The maximum absolute atomic E-state index is 12.5.